The zero-order chi connectivity index (χ0) is 19.2. The van der Waals surface area contributed by atoms with Gasteiger partial charge in [-0.05, 0) is 24.6 Å². The number of nitrogens with zero attached hydrogens (tertiary/aromatic N) is 1. The van der Waals surface area contributed by atoms with E-state index in [9.17, 15) is 14.4 Å². The van der Waals surface area contributed by atoms with Crippen LogP contribution in [-0.4, -0.2) is 35.8 Å². The van der Waals surface area contributed by atoms with E-state index in [0.29, 0.717) is 18.8 Å². The van der Waals surface area contributed by atoms with E-state index in [-0.39, 0.29) is 18.9 Å². The fraction of sp³-hybridized carbons (Fsp3) is 0.286. The Balaban J connectivity index is 1.46. The van der Waals surface area contributed by atoms with Gasteiger partial charge in [-0.2, -0.15) is 0 Å². The van der Waals surface area contributed by atoms with Crippen molar-refractivity contribution in [3.8, 4) is 0 Å². The second-order valence-electron chi connectivity index (χ2n) is 6.68. The third-order valence-electron chi connectivity index (χ3n) is 4.44. The number of esters is 1. The quantitative estimate of drug-likeness (QED) is 0.797. The van der Waals surface area contributed by atoms with Gasteiger partial charge in [0.1, 0.15) is 0 Å². The lowest BCUT2D eigenvalue weighted by molar-refractivity contribution is -0.151. The SMILES string of the molecule is Cc1ccc(NC(=O)COC(=O)[C@H]2CC(=O)N(Cc3ccccc3)C2)cc1. The summed E-state index contributed by atoms with van der Waals surface area (Å²) in [4.78, 5) is 37.9. The summed E-state index contributed by atoms with van der Waals surface area (Å²) >= 11 is 0. The number of carbonyl (C=O) groups excluding carboxylic acids is 3. The lowest BCUT2D eigenvalue weighted by Crippen LogP contribution is -2.28. The fourth-order valence-electron chi connectivity index (χ4n) is 2.98. The molecule has 6 nitrogen and oxygen atoms in total. The Morgan fingerprint density at radius 3 is 2.52 bits per heavy atom. The van der Waals surface area contributed by atoms with Crippen LogP contribution in [0.15, 0.2) is 54.6 Å². The molecule has 2 aromatic carbocycles. The van der Waals surface area contributed by atoms with E-state index in [0.717, 1.165) is 11.1 Å². The molecular weight excluding hydrogens is 344 g/mol. The van der Waals surface area contributed by atoms with E-state index >= 15 is 0 Å². The number of benzene rings is 2. The van der Waals surface area contributed by atoms with Crippen molar-refractivity contribution in [1.82, 2.24) is 4.90 Å². The molecule has 0 bridgehead atoms. The van der Waals surface area contributed by atoms with E-state index in [4.69, 9.17) is 4.74 Å². The monoisotopic (exact) mass is 366 g/mol. The molecule has 1 aliphatic heterocycles. The summed E-state index contributed by atoms with van der Waals surface area (Å²) in [6.45, 7) is 2.37. The molecule has 27 heavy (non-hydrogen) atoms. The highest BCUT2D eigenvalue weighted by molar-refractivity contribution is 5.93. The van der Waals surface area contributed by atoms with Gasteiger partial charge < -0.3 is 15.0 Å². The summed E-state index contributed by atoms with van der Waals surface area (Å²) in [6, 6.07) is 16.9. The van der Waals surface area contributed by atoms with Crippen molar-refractivity contribution in [2.24, 2.45) is 5.92 Å². The number of hydrogen-bond donors (Lipinski definition) is 1. The third kappa shape index (κ3) is 5.17. The highest BCUT2D eigenvalue weighted by Gasteiger charge is 2.35. The molecule has 0 unspecified atom stereocenters. The van der Waals surface area contributed by atoms with Gasteiger partial charge in [-0.1, -0.05) is 48.0 Å². The summed E-state index contributed by atoms with van der Waals surface area (Å²) in [5, 5.41) is 2.67. The number of likely N-dealkylation sites (tertiary alicyclic amines) is 1. The van der Waals surface area contributed by atoms with E-state index in [1.54, 1.807) is 17.0 Å². The van der Waals surface area contributed by atoms with Crippen molar-refractivity contribution in [3.63, 3.8) is 0 Å². The molecule has 3 rings (SSSR count). The molecule has 0 aliphatic carbocycles. The Morgan fingerprint density at radius 2 is 1.81 bits per heavy atom. The predicted molar refractivity (Wildman–Crippen MR) is 101 cm³/mol. The first-order valence-electron chi connectivity index (χ1n) is 8.86. The van der Waals surface area contributed by atoms with Gasteiger partial charge in [0.15, 0.2) is 6.61 Å². The van der Waals surface area contributed by atoms with E-state index in [2.05, 4.69) is 5.32 Å². The normalized spacial score (nSPS) is 16.3. The number of carbonyl (C=O) groups is 3. The second-order valence-corrected chi connectivity index (χ2v) is 6.68. The molecular formula is C21H22N2O4. The largest absolute Gasteiger partial charge is 0.455 e. The summed E-state index contributed by atoms with van der Waals surface area (Å²) < 4.78 is 5.10. The van der Waals surface area contributed by atoms with Crippen LogP contribution in [0.3, 0.4) is 0 Å². The van der Waals surface area contributed by atoms with Gasteiger partial charge >= 0.3 is 5.97 Å². The third-order valence-corrected chi connectivity index (χ3v) is 4.44. The van der Waals surface area contributed by atoms with E-state index in [1.807, 2.05) is 49.4 Å². The average molecular weight is 366 g/mol. The lowest BCUT2D eigenvalue weighted by atomic mass is 10.1. The second kappa shape index (κ2) is 8.49. The molecule has 2 aromatic rings. The first-order chi connectivity index (χ1) is 13.0. The van der Waals surface area contributed by atoms with Crippen molar-refractivity contribution in [3.05, 3.63) is 65.7 Å². The molecule has 1 aliphatic rings. The standard InChI is InChI=1S/C21H22N2O4/c1-15-7-9-18(10-8-15)22-19(24)14-27-21(26)17-11-20(25)23(13-17)12-16-5-3-2-4-6-16/h2-10,17H,11-14H2,1H3,(H,22,24)/t17-/m0/s1. The number of rotatable bonds is 6. The van der Waals surface area contributed by atoms with Crippen molar-refractivity contribution in [2.45, 2.75) is 19.9 Å². The lowest BCUT2D eigenvalue weighted by Gasteiger charge is -2.16. The van der Waals surface area contributed by atoms with Gasteiger partial charge in [0.25, 0.3) is 5.91 Å². The molecule has 0 radical (unpaired) electrons. The first kappa shape index (κ1) is 18.6. The average Bonchev–Trinajstić information content (AvgIpc) is 3.03. The van der Waals surface area contributed by atoms with Crippen molar-refractivity contribution in [2.75, 3.05) is 18.5 Å². The topological polar surface area (TPSA) is 75.7 Å². The van der Waals surface area contributed by atoms with Crippen LogP contribution >= 0.6 is 0 Å². The van der Waals surface area contributed by atoms with Crippen LogP contribution in [0.2, 0.25) is 0 Å². The van der Waals surface area contributed by atoms with Crippen LogP contribution in [-0.2, 0) is 25.7 Å². The zero-order valence-electron chi connectivity index (χ0n) is 15.2. The molecule has 6 heteroatoms. The van der Waals surface area contributed by atoms with Crippen LogP contribution < -0.4 is 5.32 Å². The van der Waals surface area contributed by atoms with E-state index < -0.39 is 17.8 Å². The Hall–Kier alpha value is -3.15. The highest BCUT2D eigenvalue weighted by Crippen LogP contribution is 2.21. The van der Waals surface area contributed by atoms with Gasteiger partial charge in [0.05, 0.1) is 5.92 Å². The van der Waals surface area contributed by atoms with Gasteiger partial charge in [0.2, 0.25) is 5.91 Å². The summed E-state index contributed by atoms with van der Waals surface area (Å²) in [7, 11) is 0. The molecule has 0 aromatic heterocycles. The number of nitrogens with one attached hydrogen (secondary N) is 1. The van der Waals surface area contributed by atoms with E-state index in [1.165, 1.54) is 0 Å². The van der Waals surface area contributed by atoms with Crippen LogP contribution in [0.5, 0.6) is 0 Å². The minimum atomic E-state index is -0.534. The Labute approximate surface area is 158 Å². The smallest absolute Gasteiger partial charge is 0.311 e. The van der Waals surface area contributed by atoms with Crippen molar-refractivity contribution in [1.29, 1.82) is 0 Å². The van der Waals surface area contributed by atoms with Gasteiger partial charge in [-0.15, -0.1) is 0 Å². The molecule has 1 N–H and O–H groups in total. The molecule has 0 spiro atoms. The minimum absolute atomic E-state index is 0.0788. The molecule has 0 saturated carbocycles. The van der Waals surface area contributed by atoms with Crippen LogP contribution in [0.25, 0.3) is 0 Å². The van der Waals surface area contributed by atoms with Gasteiger partial charge in [-0.3, -0.25) is 14.4 Å². The fourth-order valence-corrected chi connectivity index (χ4v) is 2.98. The first-order valence-corrected chi connectivity index (χ1v) is 8.86. The molecule has 2 amide bonds. The predicted octanol–water partition coefficient (Wildman–Crippen LogP) is 2.53. The number of aryl methyl sites for hydroxylation is 1. The van der Waals surface area contributed by atoms with Gasteiger partial charge in [0, 0.05) is 25.2 Å². The highest BCUT2D eigenvalue weighted by atomic mass is 16.5. The molecule has 1 heterocycles. The molecule has 1 fully saturated rings. The summed E-state index contributed by atoms with van der Waals surface area (Å²) in [5.41, 5.74) is 2.74. The minimum Gasteiger partial charge on any atom is -0.455 e. The molecule has 140 valence electrons. The Bertz CT molecular complexity index is 818. The maximum absolute atomic E-state index is 12.2. The molecule has 1 atom stereocenters. The van der Waals surface area contributed by atoms with Crippen LogP contribution in [0.4, 0.5) is 5.69 Å². The van der Waals surface area contributed by atoms with Gasteiger partial charge in [-0.25, -0.2) is 0 Å². The van der Waals surface area contributed by atoms with Crippen LogP contribution in [0.1, 0.15) is 17.5 Å². The van der Waals surface area contributed by atoms with Crippen molar-refractivity contribution >= 4 is 23.5 Å². The molecule has 1 saturated heterocycles. The number of amides is 2. The Morgan fingerprint density at radius 1 is 1.11 bits per heavy atom. The van der Waals surface area contributed by atoms with Crippen LogP contribution in [0, 0.1) is 12.8 Å². The number of hydrogen-bond acceptors (Lipinski definition) is 4. The summed E-state index contributed by atoms with van der Waals surface area (Å²) in [6.07, 6.45) is 0.116. The maximum Gasteiger partial charge on any atom is 0.311 e. The van der Waals surface area contributed by atoms with Crippen molar-refractivity contribution < 1.29 is 19.1 Å². The number of ether oxygens (including phenoxy) is 1. The zero-order valence-corrected chi connectivity index (χ0v) is 15.2. The maximum atomic E-state index is 12.2. The Kier molecular flexibility index (Phi) is 5.86. The number of anilines is 1. The summed E-state index contributed by atoms with van der Waals surface area (Å²) in [5.74, 6) is -1.53.